The zero-order chi connectivity index (χ0) is 14.0. The average Bonchev–Trinajstić information content (AvgIpc) is 2.86. The number of likely N-dealkylation sites (tertiary alicyclic amines) is 1. The fraction of sp³-hybridized carbons (Fsp3) is 0.636. The van der Waals surface area contributed by atoms with Crippen molar-refractivity contribution in [2.45, 2.75) is 37.9 Å². The summed E-state index contributed by atoms with van der Waals surface area (Å²) in [6.45, 7) is 4.40. The zero-order valence-electron chi connectivity index (χ0n) is 11.0. The molecule has 19 heavy (non-hydrogen) atoms. The molecule has 0 spiro atoms. The molecule has 2 rings (SSSR count). The largest absolute Gasteiger partial charge is 0.368 e. The lowest BCUT2D eigenvalue weighted by atomic mass is 10.4. The second kappa shape index (κ2) is 5.60. The number of aromatic nitrogens is 3. The predicted octanol–water partition coefficient (Wildman–Crippen LogP) is 0.682. The smallest absolute Gasteiger partial charge is 0.229 e. The standard InChI is InChI=1S/C11H17N5O2S/c1-7(2)16-10(12)13-14-11(16)19-6-5-15-8(17)3-4-9(15)18/h7H,3-6H2,1-2H3,(H2,12,13). The molecule has 1 aliphatic heterocycles. The second-order valence-corrected chi connectivity index (χ2v) is 5.65. The number of hydrogen-bond donors (Lipinski definition) is 1. The molecule has 1 aromatic heterocycles. The third-order valence-electron chi connectivity index (χ3n) is 2.91. The maximum absolute atomic E-state index is 11.4. The van der Waals surface area contributed by atoms with Gasteiger partial charge in [0.25, 0.3) is 0 Å². The summed E-state index contributed by atoms with van der Waals surface area (Å²) in [7, 11) is 0. The normalized spacial score (nSPS) is 15.8. The molecule has 1 fully saturated rings. The second-order valence-electron chi connectivity index (χ2n) is 4.59. The SMILES string of the molecule is CC(C)n1c(N)nnc1SCCN1C(=O)CCC1=O. The molecule has 0 atom stereocenters. The van der Waals surface area contributed by atoms with Crippen molar-refractivity contribution >= 4 is 29.5 Å². The minimum absolute atomic E-state index is 0.0876. The number of nitrogens with two attached hydrogens (primary N) is 1. The van der Waals surface area contributed by atoms with Crippen molar-refractivity contribution in [3.8, 4) is 0 Å². The topological polar surface area (TPSA) is 94.1 Å². The van der Waals surface area contributed by atoms with E-state index in [2.05, 4.69) is 10.2 Å². The molecule has 0 aromatic carbocycles. The van der Waals surface area contributed by atoms with E-state index in [1.807, 2.05) is 18.4 Å². The number of nitrogens with zero attached hydrogens (tertiary/aromatic N) is 4. The summed E-state index contributed by atoms with van der Waals surface area (Å²) in [6.07, 6.45) is 0.664. The van der Waals surface area contributed by atoms with Crippen molar-refractivity contribution in [3.63, 3.8) is 0 Å². The van der Waals surface area contributed by atoms with Crippen LogP contribution in [0.5, 0.6) is 0 Å². The Morgan fingerprint density at radius 2 is 1.89 bits per heavy atom. The monoisotopic (exact) mass is 283 g/mol. The van der Waals surface area contributed by atoms with E-state index in [-0.39, 0.29) is 17.9 Å². The molecule has 2 amide bonds. The van der Waals surface area contributed by atoms with Crippen LogP contribution in [0.2, 0.25) is 0 Å². The number of thioether (sulfide) groups is 1. The molecule has 2 N–H and O–H groups in total. The van der Waals surface area contributed by atoms with E-state index in [4.69, 9.17) is 5.73 Å². The molecule has 7 nitrogen and oxygen atoms in total. The highest BCUT2D eigenvalue weighted by atomic mass is 32.2. The minimum Gasteiger partial charge on any atom is -0.368 e. The van der Waals surface area contributed by atoms with Crippen LogP contribution in [0.3, 0.4) is 0 Å². The molecule has 104 valence electrons. The Labute approximate surface area is 115 Å². The fourth-order valence-electron chi connectivity index (χ4n) is 1.97. The van der Waals surface area contributed by atoms with Gasteiger partial charge in [-0.05, 0) is 13.8 Å². The number of rotatable bonds is 5. The first-order valence-electron chi connectivity index (χ1n) is 6.17. The van der Waals surface area contributed by atoms with E-state index in [0.717, 1.165) is 0 Å². The highest BCUT2D eigenvalue weighted by Gasteiger charge is 2.28. The maximum atomic E-state index is 11.4. The van der Waals surface area contributed by atoms with Crippen molar-refractivity contribution < 1.29 is 9.59 Å². The number of anilines is 1. The molecule has 1 aliphatic rings. The first kappa shape index (κ1) is 13.9. The summed E-state index contributed by atoms with van der Waals surface area (Å²) >= 11 is 1.45. The van der Waals surface area contributed by atoms with Gasteiger partial charge in [0, 0.05) is 31.2 Å². The third kappa shape index (κ3) is 2.89. The van der Waals surface area contributed by atoms with E-state index in [0.29, 0.717) is 36.2 Å². The summed E-state index contributed by atoms with van der Waals surface area (Å²) in [5.74, 6) is 0.805. The highest BCUT2D eigenvalue weighted by molar-refractivity contribution is 7.99. The summed E-state index contributed by atoms with van der Waals surface area (Å²) in [5.41, 5.74) is 5.74. The van der Waals surface area contributed by atoms with Crippen LogP contribution in [-0.2, 0) is 9.59 Å². The van der Waals surface area contributed by atoms with Gasteiger partial charge in [-0.1, -0.05) is 11.8 Å². The number of carbonyl (C=O) groups is 2. The molecule has 0 unspecified atom stereocenters. The van der Waals surface area contributed by atoms with Crippen molar-refractivity contribution in [3.05, 3.63) is 0 Å². The Kier molecular flexibility index (Phi) is 4.08. The van der Waals surface area contributed by atoms with E-state index < -0.39 is 0 Å². The minimum atomic E-state index is -0.0876. The van der Waals surface area contributed by atoms with Gasteiger partial charge in [0.2, 0.25) is 17.8 Å². The molecule has 0 bridgehead atoms. The van der Waals surface area contributed by atoms with Gasteiger partial charge in [-0.25, -0.2) is 0 Å². The van der Waals surface area contributed by atoms with Gasteiger partial charge in [-0.2, -0.15) is 0 Å². The van der Waals surface area contributed by atoms with Gasteiger partial charge in [-0.15, -0.1) is 10.2 Å². The van der Waals surface area contributed by atoms with Crippen molar-refractivity contribution in [2.24, 2.45) is 0 Å². The number of imide groups is 1. The maximum Gasteiger partial charge on any atom is 0.229 e. The molecular formula is C11H17N5O2S. The molecule has 2 heterocycles. The zero-order valence-corrected chi connectivity index (χ0v) is 11.8. The quantitative estimate of drug-likeness (QED) is 0.631. The lowest BCUT2D eigenvalue weighted by Crippen LogP contribution is -2.31. The van der Waals surface area contributed by atoms with Crippen LogP contribution in [0.25, 0.3) is 0 Å². The Bertz CT molecular complexity index is 483. The van der Waals surface area contributed by atoms with E-state index in [1.165, 1.54) is 16.7 Å². The summed E-state index contributed by atoms with van der Waals surface area (Å²) < 4.78 is 1.83. The number of carbonyl (C=O) groups excluding carboxylic acids is 2. The van der Waals surface area contributed by atoms with E-state index >= 15 is 0 Å². The van der Waals surface area contributed by atoms with Gasteiger partial charge < -0.3 is 5.73 Å². The van der Waals surface area contributed by atoms with Crippen LogP contribution in [0.4, 0.5) is 5.95 Å². The third-order valence-corrected chi connectivity index (χ3v) is 3.83. The van der Waals surface area contributed by atoms with Crippen LogP contribution in [0, 0.1) is 0 Å². The Morgan fingerprint density at radius 3 is 2.47 bits per heavy atom. The van der Waals surface area contributed by atoms with Gasteiger partial charge in [0.1, 0.15) is 0 Å². The average molecular weight is 283 g/mol. The van der Waals surface area contributed by atoms with Crippen LogP contribution in [-0.4, -0.2) is 43.8 Å². The van der Waals surface area contributed by atoms with Gasteiger partial charge in [0.05, 0.1) is 0 Å². The lowest BCUT2D eigenvalue weighted by molar-refractivity contribution is -0.137. The Hall–Kier alpha value is -1.57. The summed E-state index contributed by atoms with van der Waals surface area (Å²) in [5, 5.41) is 8.56. The summed E-state index contributed by atoms with van der Waals surface area (Å²) in [6, 6.07) is 0.174. The number of nitrogen functional groups attached to an aromatic ring is 1. The van der Waals surface area contributed by atoms with Crippen molar-refractivity contribution in [2.75, 3.05) is 18.0 Å². The first-order valence-corrected chi connectivity index (χ1v) is 7.15. The molecule has 0 aliphatic carbocycles. The first-order chi connectivity index (χ1) is 9.00. The fourth-order valence-corrected chi connectivity index (χ4v) is 2.97. The molecule has 0 radical (unpaired) electrons. The Morgan fingerprint density at radius 1 is 1.26 bits per heavy atom. The molecule has 1 aromatic rings. The molecule has 8 heteroatoms. The van der Waals surface area contributed by atoms with Gasteiger partial charge in [-0.3, -0.25) is 19.1 Å². The van der Waals surface area contributed by atoms with Crippen LogP contribution in [0.15, 0.2) is 5.16 Å². The van der Waals surface area contributed by atoms with Gasteiger partial charge in [0.15, 0.2) is 5.16 Å². The number of hydrogen-bond acceptors (Lipinski definition) is 6. The van der Waals surface area contributed by atoms with Gasteiger partial charge >= 0.3 is 0 Å². The van der Waals surface area contributed by atoms with E-state index in [9.17, 15) is 9.59 Å². The van der Waals surface area contributed by atoms with Crippen molar-refractivity contribution in [1.82, 2.24) is 19.7 Å². The molecule has 0 saturated carbocycles. The summed E-state index contributed by atoms with van der Waals surface area (Å²) in [4.78, 5) is 24.2. The van der Waals surface area contributed by atoms with Crippen LogP contribution in [0.1, 0.15) is 32.7 Å². The lowest BCUT2D eigenvalue weighted by Gasteiger charge is -2.14. The molecular weight excluding hydrogens is 266 g/mol. The van der Waals surface area contributed by atoms with Crippen LogP contribution < -0.4 is 5.73 Å². The number of amides is 2. The van der Waals surface area contributed by atoms with E-state index in [1.54, 1.807) is 0 Å². The Balaban J connectivity index is 1.93. The van der Waals surface area contributed by atoms with Crippen molar-refractivity contribution in [1.29, 1.82) is 0 Å². The van der Waals surface area contributed by atoms with Crippen LogP contribution >= 0.6 is 11.8 Å². The predicted molar refractivity (Wildman–Crippen MR) is 71.5 cm³/mol. The highest BCUT2D eigenvalue weighted by Crippen LogP contribution is 2.23. The molecule has 1 saturated heterocycles.